The van der Waals surface area contributed by atoms with Gasteiger partial charge in [-0.3, -0.25) is 4.79 Å². The van der Waals surface area contributed by atoms with Crippen molar-refractivity contribution in [2.75, 3.05) is 12.3 Å². The fourth-order valence-electron chi connectivity index (χ4n) is 2.63. The minimum Gasteiger partial charge on any atom is -0.398 e. The third kappa shape index (κ3) is 2.14. The number of H-pyrrole nitrogens is 1. The highest BCUT2D eigenvalue weighted by Gasteiger charge is 2.31. The third-order valence-corrected chi connectivity index (χ3v) is 4.72. The summed E-state index contributed by atoms with van der Waals surface area (Å²) in [6.07, 6.45) is 3.98. The molecule has 0 spiro atoms. The first-order chi connectivity index (χ1) is 9.16. The number of hydrogen-bond donors (Lipinski definition) is 2. The number of carbonyl (C=O) groups is 1. The Morgan fingerprint density at radius 1 is 1.58 bits per heavy atom. The van der Waals surface area contributed by atoms with Crippen LogP contribution in [0.1, 0.15) is 39.1 Å². The Kier molecular flexibility index (Phi) is 3.06. The second-order valence-corrected chi connectivity index (χ2v) is 6.16. The van der Waals surface area contributed by atoms with Gasteiger partial charge >= 0.3 is 0 Å². The highest BCUT2D eigenvalue weighted by Crippen LogP contribution is 2.34. The molecule has 3 rings (SSSR count). The monoisotopic (exact) mass is 275 g/mol. The summed E-state index contributed by atoms with van der Waals surface area (Å²) >= 11 is 1.48. The Morgan fingerprint density at radius 3 is 3.05 bits per heavy atom. The van der Waals surface area contributed by atoms with Crippen LogP contribution in [-0.4, -0.2) is 22.3 Å². The van der Waals surface area contributed by atoms with Crippen LogP contribution in [-0.2, 0) is 0 Å². The Labute approximate surface area is 116 Å². The van der Waals surface area contributed by atoms with Crippen molar-refractivity contribution in [1.29, 1.82) is 0 Å². The van der Waals surface area contributed by atoms with E-state index in [4.69, 9.17) is 5.73 Å². The lowest BCUT2D eigenvalue weighted by Gasteiger charge is -2.23. The highest BCUT2D eigenvalue weighted by molar-refractivity contribution is 7.14. The van der Waals surface area contributed by atoms with Crippen LogP contribution in [0.3, 0.4) is 0 Å². The van der Waals surface area contributed by atoms with Gasteiger partial charge in [0.05, 0.1) is 10.9 Å². The average Bonchev–Trinajstić information content (AvgIpc) is 3.09. The minimum absolute atomic E-state index is 0.0990. The number of aromatic amines is 1. The lowest BCUT2D eigenvalue weighted by Crippen LogP contribution is -2.30. The summed E-state index contributed by atoms with van der Waals surface area (Å²) in [6.45, 7) is 2.77. The number of nitrogens with one attached hydrogen (secondary N) is 1. The van der Waals surface area contributed by atoms with Crippen LogP contribution < -0.4 is 5.73 Å². The molecule has 19 heavy (non-hydrogen) atoms. The molecule has 1 amide bonds. The maximum Gasteiger partial charge on any atom is 0.264 e. The van der Waals surface area contributed by atoms with E-state index in [1.165, 1.54) is 11.3 Å². The van der Waals surface area contributed by atoms with E-state index in [0.717, 1.165) is 34.8 Å². The van der Waals surface area contributed by atoms with E-state index in [1.807, 2.05) is 30.2 Å². The maximum atomic E-state index is 12.6. The van der Waals surface area contributed by atoms with Gasteiger partial charge in [0.1, 0.15) is 0 Å². The zero-order valence-electron chi connectivity index (χ0n) is 10.8. The Bertz CT molecular complexity index is 568. The number of nitrogen functional groups attached to an aromatic ring is 1. The molecule has 2 aromatic rings. The molecule has 0 saturated carbocycles. The predicted octanol–water partition coefficient (Wildman–Crippen LogP) is 2.94. The molecule has 100 valence electrons. The van der Waals surface area contributed by atoms with Gasteiger partial charge < -0.3 is 15.6 Å². The summed E-state index contributed by atoms with van der Waals surface area (Å²) in [5, 5.41) is 0. The molecule has 4 nitrogen and oxygen atoms in total. The molecule has 2 aromatic heterocycles. The second kappa shape index (κ2) is 4.74. The number of amides is 1. The molecule has 1 fully saturated rings. The van der Waals surface area contributed by atoms with Crippen LogP contribution >= 0.6 is 11.3 Å². The number of hydrogen-bond acceptors (Lipinski definition) is 3. The van der Waals surface area contributed by atoms with Crippen molar-refractivity contribution in [2.24, 2.45) is 0 Å². The first-order valence-electron chi connectivity index (χ1n) is 6.47. The first kappa shape index (κ1) is 12.3. The Hall–Kier alpha value is -1.75. The summed E-state index contributed by atoms with van der Waals surface area (Å²) in [5.41, 5.74) is 7.67. The highest BCUT2D eigenvalue weighted by atomic mass is 32.1. The maximum absolute atomic E-state index is 12.6. The van der Waals surface area contributed by atoms with Gasteiger partial charge in [-0.05, 0) is 38.0 Å². The van der Waals surface area contributed by atoms with Crippen LogP contribution in [0.2, 0.25) is 0 Å². The van der Waals surface area contributed by atoms with Gasteiger partial charge in [0.25, 0.3) is 5.91 Å². The van der Waals surface area contributed by atoms with Crippen molar-refractivity contribution in [3.05, 3.63) is 39.8 Å². The molecule has 1 aliphatic heterocycles. The standard InChI is InChI=1S/C14H17N3OS/c1-9-10(15)8-13(19-9)14(18)17-7-3-5-12(17)11-4-2-6-16-11/h2,4,6,8,12,16H,3,5,7,15H2,1H3. The van der Waals surface area contributed by atoms with Crippen LogP contribution in [0.25, 0.3) is 0 Å². The largest absolute Gasteiger partial charge is 0.398 e. The molecule has 0 aliphatic carbocycles. The molecule has 0 bridgehead atoms. The molecular weight excluding hydrogens is 258 g/mol. The van der Waals surface area contributed by atoms with Crippen molar-refractivity contribution < 1.29 is 4.79 Å². The van der Waals surface area contributed by atoms with Gasteiger partial charge in [0, 0.05) is 29.0 Å². The number of carbonyl (C=O) groups excluding carboxylic acids is 1. The zero-order valence-corrected chi connectivity index (χ0v) is 11.7. The molecule has 0 radical (unpaired) electrons. The normalized spacial score (nSPS) is 19.0. The van der Waals surface area contributed by atoms with E-state index < -0.39 is 0 Å². The van der Waals surface area contributed by atoms with Crippen molar-refractivity contribution in [1.82, 2.24) is 9.88 Å². The van der Waals surface area contributed by atoms with Gasteiger partial charge in [0.15, 0.2) is 0 Å². The molecule has 3 heterocycles. The summed E-state index contributed by atoms with van der Waals surface area (Å²) in [7, 11) is 0. The second-order valence-electron chi connectivity index (χ2n) is 4.90. The van der Waals surface area contributed by atoms with E-state index >= 15 is 0 Å². The number of rotatable bonds is 2. The number of thiophene rings is 1. The fraction of sp³-hybridized carbons (Fsp3) is 0.357. The number of nitrogens with two attached hydrogens (primary N) is 1. The van der Waals surface area contributed by atoms with Gasteiger partial charge in [-0.1, -0.05) is 0 Å². The lowest BCUT2D eigenvalue weighted by molar-refractivity contribution is 0.0738. The number of anilines is 1. The molecule has 1 atom stereocenters. The number of aryl methyl sites for hydroxylation is 1. The van der Waals surface area contributed by atoms with Crippen molar-refractivity contribution in [3.8, 4) is 0 Å². The quantitative estimate of drug-likeness (QED) is 0.885. The average molecular weight is 275 g/mol. The summed E-state index contributed by atoms with van der Waals surface area (Å²) in [6, 6.07) is 5.99. The van der Waals surface area contributed by atoms with Crippen molar-refractivity contribution in [3.63, 3.8) is 0 Å². The first-order valence-corrected chi connectivity index (χ1v) is 7.28. The van der Waals surface area contributed by atoms with Crippen LogP contribution in [0.15, 0.2) is 24.4 Å². The number of nitrogens with zero attached hydrogens (tertiary/aromatic N) is 1. The zero-order chi connectivity index (χ0) is 13.4. The Morgan fingerprint density at radius 2 is 2.42 bits per heavy atom. The lowest BCUT2D eigenvalue weighted by atomic mass is 10.1. The Balaban J connectivity index is 1.86. The van der Waals surface area contributed by atoms with Crippen LogP contribution in [0.4, 0.5) is 5.69 Å². The summed E-state index contributed by atoms with van der Waals surface area (Å²) in [5.74, 6) is 0.0990. The molecule has 5 heteroatoms. The van der Waals surface area contributed by atoms with Gasteiger partial charge in [0.2, 0.25) is 0 Å². The molecule has 1 unspecified atom stereocenters. The number of likely N-dealkylation sites (tertiary alicyclic amines) is 1. The molecule has 0 aromatic carbocycles. The van der Waals surface area contributed by atoms with Gasteiger partial charge in [-0.25, -0.2) is 0 Å². The molecule has 3 N–H and O–H groups in total. The summed E-state index contributed by atoms with van der Waals surface area (Å²) in [4.78, 5) is 19.5. The molecular formula is C14H17N3OS. The topological polar surface area (TPSA) is 62.1 Å². The van der Waals surface area contributed by atoms with Crippen LogP contribution in [0, 0.1) is 6.92 Å². The van der Waals surface area contributed by atoms with Crippen molar-refractivity contribution in [2.45, 2.75) is 25.8 Å². The third-order valence-electron chi connectivity index (χ3n) is 3.66. The summed E-state index contributed by atoms with van der Waals surface area (Å²) < 4.78 is 0. The number of aromatic nitrogens is 1. The van der Waals surface area contributed by atoms with E-state index in [-0.39, 0.29) is 11.9 Å². The SMILES string of the molecule is Cc1sc(C(=O)N2CCCC2c2ccc[nH]2)cc1N. The van der Waals surface area contributed by atoms with Gasteiger partial charge in [-0.15, -0.1) is 11.3 Å². The molecule has 1 saturated heterocycles. The predicted molar refractivity (Wildman–Crippen MR) is 77.3 cm³/mol. The van der Waals surface area contributed by atoms with E-state index in [9.17, 15) is 4.79 Å². The van der Waals surface area contributed by atoms with Crippen molar-refractivity contribution >= 4 is 22.9 Å². The molecule has 1 aliphatic rings. The van der Waals surface area contributed by atoms with E-state index in [0.29, 0.717) is 5.69 Å². The van der Waals surface area contributed by atoms with E-state index in [2.05, 4.69) is 4.98 Å². The fourth-order valence-corrected chi connectivity index (χ4v) is 3.52. The minimum atomic E-state index is 0.0990. The van der Waals surface area contributed by atoms with Crippen LogP contribution in [0.5, 0.6) is 0 Å². The smallest absolute Gasteiger partial charge is 0.264 e. The van der Waals surface area contributed by atoms with Gasteiger partial charge in [-0.2, -0.15) is 0 Å². The van der Waals surface area contributed by atoms with E-state index in [1.54, 1.807) is 6.07 Å².